The van der Waals surface area contributed by atoms with Crippen LogP contribution in [0.3, 0.4) is 0 Å². The Kier molecular flexibility index (Phi) is 4.86. The Morgan fingerprint density at radius 3 is 2.15 bits per heavy atom. The minimum Gasteiger partial charge on any atom is -0.381 e. The van der Waals surface area contributed by atoms with E-state index in [0.29, 0.717) is 19.4 Å². The molecule has 13 heavy (non-hydrogen) atoms. The summed E-state index contributed by atoms with van der Waals surface area (Å²) in [4.78, 5) is 0. The highest BCUT2D eigenvalue weighted by atomic mass is 19.1. The molecule has 0 saturated heterocycles. The minimum absolute atomic E-state index is 0.149. The molecule has 0 rings (SSSR count). The van der Waals surface area contributed by atoms with Crippen molar-refractivity contribution in [2.24, 2.45) is 11.1 Å². The molecule has 3 heteroatoms. The third-order valence-corrected chi connectivity index (χ3v) is 2.49. The average molecular weight is 191 g/mol. The average Bonchev–Trinajstić information content (AvgIpc) is 1.99. The van der Waals surface area contributed by atoms with Gasteiger partial charge in [0.15, 0.2) is 0 Å². The van der Waals surface area contributed by atoms with Gasteiger partial charge in [0.2, 0.25) is 0 Å². The first-order valence-electron chi connectivity index (χ1n) is 4.75. The van der Waals surface area contributed by atoms with Gasteiger partial charge in [-0.2, -0.15) is 0 Å². The fourth-order valence-electron chi connectivity index (χ4n) is 1.27. The van der Waals surface area contributed by atoms with Crippen LogP contribution in [-0.2, 0) is 4.74 Å². The van der Waals surface area contributed by atoms with E-state index < -0.39 is 11.1 Å². The van der Waals surface area contributed by atoms with E-state index in [0.717, 1.165) is 0 Å². The topological polar surface area (TPSA) is 35.2 Å². The Morgan fingerprint density at radius 2 is 1.85 bits per heavy atom. The maximum Gasteiger partial charge on any atom is 0.139 e. The van der Waals surface area contributed by atoms with Gasteiger partial charge < -0.3 is 10.5 Å². The van der Waals surface area contributed by atoms with Crippen molar-refractivity contribution >= 4 is 0 Å². The predicted octanol–water partition coefficient (Wildman–Crippen LogP) is 2.13. The lowest BCUT2D eigenvalue weighted by Crippen LogP contribution is -2.43. The van der Waals surface area contributed by atoms with Gasteiger partial charge in [0.05, 0.1) is 6.61 Å². The lowest BCUT2D eigenvalue weighted by molar-refractivity contribution is -0.0454. The molecule has 1 unspecified atom stereocenters. The molecular formula is C10H22FNO. The number of alkyl halides is 1. The maximum absolute atomic E-state index is 14.3. The largest absolute Gasteiger partial charge is 0.381 e. The lowest BCUT2D eigenvalue weighted by atomic mass is 9.76. The molecule has 0 aromatic carbocycles. The fourth-order valence-corrected chi connectivity index (χ4v) is 1.27. The molecule has 1 atom stereocenters. The van der Waals surface area contributed by atoms with Gasteiger partial charge in [-0.25, -0.2) is 4.39 Å². The first-order chi connectivity index (χ1) is 5.87. The SMILES string of the molecule is COCC(F)(CCCN)C(C)(C)C. The van der Waals surface area contributed by atoms with Gasteiger partial charge >= 0.3 is 0 Å². The van der Waals surface area contributed by atoms with Crippen molar-refractivity contribution in [1.29, 1.82) is 0 Å². The fraction of sp³-hybridized carbons (Fsp3) is 1.00. The van der Waals surface area contributed by atoms with Crippen LogP contribution in [0.15, 0.2) is 0 Å². The normalized spacial score (nSPS) is 17.1. The van der Waals surface area contributed by atoms with Crippen molar-refractivity contribution < 1.29 is 9.13 Å². The number of halogens is 1. The van der Waals surface area contributed by atoms with Gasteiger partial charge in [0, 0.05) is 7.11 Å². The van der Waals surface area contributed by atoms with Crippen LogP contribution in [0, 0.1) is 5.41 Å². The zero-order chi connectivity index (χ0) is 10.5. The van der Waals surface area contributed by atoms with Crippen molar-refractivity contribution in [3.05, 3.63) is 0 Å². The van der Waals surface area contributed by atoms with Crippen molar-refractivity contribution in [2.45, 2.75) is 39.3 Å². The quantitative estimate of drug-likeness (QED) is 0.722. The molecule has 2 N–H and O–H groups in total. The second kappa shape index (κ2) is 4.91. The Labute approximate surface area is 80.6 Å². The zero-order valence-corrected chi connectivity index (χ0v) is 9.19. The van der Waals surface area contributed by atoms with E-state index in [9.17, 15) is 4.39 Å². The molecule has 0 amide bonds. The number of ether oxygens (including phenoxy) is 1. The Balaban J connectivity index is 4.34. The second-order valence-electron chi connectivity index (χ2n) is 4.54. The summed E-state index contributed by atoms with van der Waals surface area (Å²) in [6.07, 6.45) is 1.18. The summed E-state index contributed by atoms with van der Waals surface area (Å²) in [5, 5.41) is 0. The molecule has 2 nitrogen and oxygen atoms in total. The van der Waals surface area contributed by atoms with E-state index in [-0.39, 0.29) is 6.61 Å². The van der Waals surface area contributed by atoms with E-state index >= 15 is 0 Å². The summed E-state index contributed by atoms with van der Waals surface area (Å²) in [5.74, 6) is 0. The number of nitrogens with two attached hydrogens (primary N) is 1. The number of methoxy groups -OCH3 is 1. The predicted molar refractivity (Wildman–Crippen MR) is 53.5 cm³/mol. The third kappa shape index (κ3) is 3.61. The van der Waals surface area contributed by atoms with Gasteiger partial charge in [-0.15, -0.1) is 0 Å². The van der Waals surface area contributed by atoms with E-state index in [2.05, 4.69) is 0 Å². The highest BCUT2D eigenvalue weighted by Crippen LogP contribution is 2.37. The maximum atomic E-state index is 14.3. The lowest BCUT2D eigenvalue weighted by Gasteiger charge is -2.37. The van der Waals surface area contributed by atoms with Crippen LogP contribution in [0.4, 0.5) is 4.39 Å². The first-order valence-corrected chi connectivity index (χ1v) is 4.75. The summed E-state index contributed by atoms with van der Waals surface area (Å²) in [5.41, 5.74) is 3.71. The Morgan fingerprint density at radius 1 is 1.31 bits per heavy atom. The molecule has 0 aromatic heterocycles. The van der Waals surface area contributed by atoms with Crippen LogP contribution in [-0.4, -0.2) is 25.9 Å². The molecule has 0 saturated carbocycles. The molecule has 0 bridgehead atoms. The monoisotopic (exact) mass is 191 g/mol. The molecule has 0 heterocycles. The Bertz CT molecular complexity index is 144. The third-order valence-electron chi connectivity index (χ3n) is 2.49. The first kappa shape index (κ1) is 12.8. The summed E-state index contributed by atoms with van der Waals surface area (Å²) >= 11 is 0. The van der Waals surface area contributed by atoms with Crippen LogP contribution in [0.5, 0.6) is 0 Å². The van der Waals surface area contributed by atoms with Gasteiger partial charge in [0.25, 0.3) is 0 Å². The van der Waals surface area contributed by atoms with Crippen LogP contribution >= 0.6 is 0 Å². The molecule has 0 aromatic rings. The number of hydrogen-bond acceptors (Lipinski definition) is 2. The smallest absolute Gasteiger partial charge is 0.139 e. The molecule has 0 spiro atoms. The summed E-state index contributed by atoms with van der Waals surface area (Å²) in [6.45, 7) is 6.36. The van der Waals surface area contributed by atoms with E-state index in [1.54, 1.807) is 0 Å². The molecule has 0 radical (unpaired) electrons. The number of hydrogen-bond donors (Lipinski definition) is 1. The molecule has 0 aliphatic rings. The minimum atomic E-state index is -1.26. The summed E-state index contributed by atoms with van der Waals surface area (Å²) < 4.78 is 19.2. The van der Waals surface area contributed by atoms with Crippen LogP contribution in [0.1, 0.15) is 33.6 Å². The zero-order valence-electron chi connectivity index (χ0n) is 9.19. The van der Waals surface area contributed by atoms with Gasteiger partial charge in [0.1, 0.15) is 5.67 Å². The van der Waals surface area contributed by atoms with Gasteiger partial charge in [-0.1, -0.05) is 20.8 Å². The summed E-state index contributed by atoms with van der Waals surface area (Å²) in [7, 11) is 1.53. The van der Waals surface area contributed by atoms with Crippen molar-refractivity contribution in [2.75, 3.05) is 20.3 Å². The van der Waals surface area contributed by atoms with E-state index in [4.69, 9.17) is 10.5 Å². The molecular weight excluding hydrogens is 169 g/mol. The molecule has 0 aliphatic heterocycles. The van der Waals surface area contributed by atoms with Crippen LogP contribution in [0.2, 0.25) is 0 Å². The van der Waals surface area contributed by atoms with Crippen LogP contribution < -0.4 is 5.73 Å². The van der Waals surface area contributed by atoms with Crippen molar-refractivity contribution in [3.8, 4) is 0 Å². The molecule has 0 fully saturated rings. The molecule has 80 valence electrons. The van der Waals surface area contributed by atoms with Crippen molar-refractivity contribution in [3.63, 3.8) is 0 Å². The second-order valence-corrected chi connectivity index (χ2v) is 4.54. The standard InChI is InChI=1S/C10H22FNO/c1-9(2,3)10(11,8-13-4)6-5-7-12/h5-8,12H2,1-4H3. The van der Waals surface area contributed by atoms with E-state index in [1.807, 2.05) is 20.8 Å². The van der Waals surface area contributed by atoms with Crippen molar-refractivity contribution in [1.82, 2.24) is 0 Å². The highest BCUT2D eigenvalue weighted by molar-refractivity contribution is 4.90. The van der Waals surface area contributed by atoms with Gasteiger partial charge in [-0.3, -0.25) is 0 Å². The van der Waals surface area contributed by atoms with Gasteiger partial charge in [-0.05, 0) is 24.8 Å². The number of rotatable bonds is 5. The summed E-state index contributed by atoms with van der Waals surface area (Å²) in [6, 6.07) is 0. The Hall–Kier alpha value is -0.150. The highest BCUT2D eigenvalue weighted by Gasteiger charge is 2.41. The van der Waals surface area contributed by atoms with E-state index in [1.165, 1.54) is 7.11 Å². The molecule has 0 aliphatic carbocycles. The van der Waals surface area contributed by atoms with Crippen LogP contribution in [0.25, 0.3) is 0 Å².